The quantitative estimate of drug-likeness (QED) is 0.692. The van der Waals surface area contributed by atoms with Gasteiger partial charge in [-0.2, -0.15) is 4.31 Å². The highest BCUT2D eigenvalue weighted by atomic mass is 32.2. The van der Waals surface area contributed by atoms with Gasteiger partial charge in [0.2, 0.25) is 15.9 Å². The number of hydrogen-bond donors (Lipinski definition) is 1. The Morgan fingerprint density at radius 1 is 1.11 bits per heavy atom. The summed E-state index contributed by atoms with van der Waals surface area (Å²) in [6.07, 6.45) is 0. The van der Waals surface area contributed by atoms with Crippen molar-refractivity contribution >= 4 is 21.6 Å². The summed E-state index contributed by atoms with van der Waals surface area (Å²) in [6.45, 7) is 5.70. The van der Waals surface area contributed by atoms with Gasteiger partial charge in [0.15, 0.2) is 0 Å². The number of benzene rings is 2. The molecule has 28 heavy (non-hydrogen) atoms. The largest absolute Gasteiger partial charge is 0.495 e. The molecule has 8 heteroatoms. The van der Waals surface area contributed by atoms with E-state index in [1.165, 1.54) is 13.2 Å². The van der Waals surface area contributed by atoms with Gasteiger partial charge in [-0.1, -0.05) is 19.1 Å². The molecule has 0 radical (unpaired) electrons. The van der Waals surface area contributed by atoms with E-state index in [-0.39, 0.29) is 18.0 Å². The fraction of sp³-hybridized carbons (Fsp3) is 0.350. The lowest BCUT2D eigenvalue weighted by Gasteiger charge is -2.21. The second kappa shape index (κ2) is 9.57. The van der Waals surface area contributed by atoms with E-state index in [0.29, 0.717) is 23.8 Å². The molecule has 2 rings (SSSR count). The summed E-state index contributed by atoms with van der Waals surface area (Å²) < 4.78 is 37.7. The first-order chi connectivity index (χ1) is 13.3. The Morgan fingerprint density at radius 2 is 1.82 bits per heavy atom. The predicted octanol–water partition coefficient (Wildman–Crippen LogP) is 3.05. The van der Waals surface area contributed by atoms with Crippen LogP contribution >= 0.6 is 0 Å². The molecular formula is C20H26N2O5S. The maximum Gasteiger partial charge on any atom is 0.243 e. The van der Waals surface area contributed by atoms with Crippen molar-refractivity contribution in [3.8, 4) is 11.5 Å². The van der Waals surface area contributed by atoms with E-state index in [1.807, 2.05) is 6.92 Å². The molecule has 0 bridgehead atoms. The van der Waals surface area contributed by atoms with Crippen molar-refractivity contribution in [1.29, 1.82) is 0 Å². The van der Waals surface area contributed by atoms with Gasteiger partial charge in [0, 0.05) is 6.54 Å². The highest BCUT2D eigenvalue weighted by Crippen LogP contribution is 2.25. The molecule has 0 unspecified atom stereocenters. The van der Waals surface area contributed by atoms with Crippen molar-refractivity contribution in [3.05, 3.63) is 48.0 Å². The molecule has 2 aromatic rings. The van der Waals surface area contributed by atoms with Crippen molar-refractivity contribution in [1.82, 2.24) is 4.31 Å². The van der Waals surface area contributed by atoms with E-state index >= 15 is 0 Å². The molecule has 1 amide bonds. The van der Waals surface area contributed by atoms with Crippen LogP contribution in [0.25, 0.3) is 0 Å². The molecule has 0 aliphatic carbocycles. The average molecular weight is 407 g/mol. The minimum absolute atomic E-state index is 0.125. The standard InChI is InChI=1S/C20H26N2O5S/c1-5-22(14-20(23)21-17-9-7-8-10-19(17)26-4)28(24,25)16-11-12-18(27-6-2)15(3)13-16/h7-13H,5-6,14H2,1-4H3,(H,21,23). The van der Waals surface area contributed by atoms with Crippen molar-refractivity contribution in [2.24, 2.45) is 0 Å². The molecule has 0 atom stereocenters. The third-order valence-corrected chi connectivity index (χ3v) is 6.05. The van der Waals surface area contributed by atoms with Crippen LogP contribution in [-0.2, 0) is 14.8 Å². The Balaban J connectivity index is 2.19. The molecular weight excluding hydrogens is 380 g/mol. The van der Waals surface area contributed by atoms with Gasteiger partial charge in [0.25, 0.3) is 0 Å². The highest BCUT2D eigenvalue weighted by Gasteiger charge is 2.26. The Labute approximate surface area is 166 Å². The number of likely N-dealkylation sites (N-methyl/N-ethyl adjacent to an activating group) is 1. The van der Waals surface area contributed by atoms with Crippen LogP contribution in [0.2, 0.25) is 0 Å². The zero-order valence-electron chi connectivity index (χ0n) is 16.6. The summed E-state index contributed by atoms with van der Waals surface area (Å²) in [6, 6.07) is 11.6. The third kappa shape index (κ3) is 5.02. The van der Waals surface area contributed by atoms with E-state index in [2.05, 4.69) is 5.32 Å². The highest BCUT2D eigenvalue weighted by molar-refractivity contribution is 7.89. The number of nitrogens with zero attached hydrogens (tertiary/aromatic N) is 1. The Bertz CT molecular complexity index is 928. The molecule has 0 aliphatic heterocycles. The number of hydrogen-bond acceptors (Lipinski definition) is 5. The number of sulfonamides is 1. The van der Waals surface area contributed by atoms with Gasteiger partial charge in [-0.25, -0.2) is 8.42 Å². The maximum atomic E-state index is 13.0. The monoisotopic (exact) mass is 406 g/mol. The van der Waals surface area contributed by atoms with Gasteiger partial charge in [-0.05, 0) is 49.7 Å². The molecule has 0 heterocycles. The molecule has 0 spiro atoms. The van der Waals surface area contributed by atoms with Crippen molar-refractivity contribution in [3.63, 3.8) is 0 Å². The van der Waals surface area contributed by atoms with E-state index in [1.54, 1.807) is 50.2 Å². The van der Waals surface area contributed by atoms with Crippen LogP contribution in [0.4, 0.5) is 5.69 Å². The molecule has 0 saturated carbocycles. The summed E-state index contributed by atoms with van der Waals surface area (Å²) in [4.78, 5) is 12.6. The average Bonchev–Trinajstić information content (AvgIpc) is 2.68. The van der Waals surface area contributed by atoms with E-state index in [9.17, 15) is 13.2 Å². The van der Waals surface area contributed by atoms with E-state index in [4.69, 9.17) is 9.47 Å². The molecule has 0 saturated heterocycles. The lowest BCUT2D eigenvalue weighted by molar-refractivity contribution is -0.116. The maximum absolute atomic E-state index is 13.0. The summed E-state index contributed by atoms with van der Waals surface area (Å²) in [5.41, 5.74) is 1.21. The lowest BCUT2D eigenvalue weighted by Crippen LogP contribution is -2.37. The Hall–Kier alpha value is -2.58. The molecule has 0 aliphatic rings. The second-order valence-corrected chi connectivity index (χ2v) is 7.98. The van der Waals surface area contributed by atoms with Gasteiger partial charge in [0.05, 0.1) is 30.8 Å². The fourth-order valence-corrected chi connectivity index (χ4v) is 4.20. The van der Waals surface area contributed by atoms with Crippen LogP contribution in [0.15, 0.2) is 47.4 Å². The molecule has 2 aromatic carbocycles. The number of carbonyl (C=O) groups excluding carboxylic acids is 1. The van der Waals surface area contributed by atoms with Crippen LogP contribution in [0.1, 0.15) is 19.4 Å². The number of rotatable bonds is 9. The predicted molar refractivity (Wildman–Crippen MR) is 108 cm³/mol. The van der Waals surface area contributed by atoms with E-state index < -0.39 is 15.9 Å². The van der Waals surface area contributed by atoms with Gasteiger partial charge in [-0.15, -0.1) is 0 Å². The van der Waals surface area contributed by atoms with Gasteiger partial charge in [0.1, 0.15) is 11.5 Å². The van der Waals surface area contributed by atoms with Crippen molar-refractivity contribution in [2.75, 3.05) is 32.1 Å². The number of methoxy groups -OCH3 is 1. The zero-order valence-corrected chi connectivity index (χ0v) is 17.4. The first-order valence-electron chi connectivity index (χ1n) is 8.99. The van der Waals surface area contributed by atoms with Crippen LogP contribution in [0, 0.1) is 6.92 Å². The summed E-state index contributed by atoms with van der Waals surface area (Å²) in [5, 5.41) is 2.70. The minimum Gasteiger partial charge on any atom is -0.495 e. The van der Waals surface area contributed by atoms with Gasteiger partial charge < -0.3 is 14.8 Å². The van der Waals surface area contributed by atoms with Crippen LogP contribution in [0.3, 0.4) is 0 Å². The third-order valence-electron chi connectivity index (χ3n) is 4.14. The summed E-state index contributed by atoms with van der Waals surface area (Å²) in [5.74, 6) is 0.694. The topological polar surface area (TPSA) is 84.9 Å². The molecule has 152 valence electrons. The van der Waals surface area contributed by atoms with E-state index in [0.717, 1.165) is 9.87 Å². The molecule has 1 N–H and O–H groups in total. The van der Waals surface area contributed by atoms with Crippen molar-refractivity contribution < 1.29 is 22.7 Å². The Kier molecular flexibility index (Phi) is 7.42. The minimum atomic E-state index is -3.82. The number of anilines is 1. The second-order valence-electron chi connectivity index (χ2n) is 6.04. The normalized spacial score (nSPS) is 11.3. The van der Waals surface area contributed by atoms with Crippen LogP contribution in [0.5, 0.6) is 11.5 Å². The smallest absolute Gasteiger partial charge is 0.243 e. The number of nitrogens with one attached hydrogen (secondary N) is 1. The zero-order chi connectivity index (χ0) is 20.7. The first kappa shape index (κ1) is 21.7. The molecule has 0 aromatic heterocycles. The first-order valence-corrected chi connectivity index (χ1v) is 10.4. The number of aryl methyl sites for hydroxylation is 1. The van der Waals surface area contributed by atoms with Gasteiger partial charge >= 0.3 is 0 Å². The number of amides is 1. The molecule has 7 nitrogen and oxygen atoms in total. The number of para-hydroxylation sites is 2. The summed E-state index contributed by atoms with van der Waals surface area (Å²) >= 11 is 0. The van der Waals surface area contributed by atoms with Crippen LogP contribution in [-0.4, -0.2) is 45.4 Å². The number of ether oxygens (including phenoxy) is 2. The number of carbonyl (C=O) groups is 1. The Morgan fingerprint density at radius 3 is 2.43 bits per heavy atom. The summed E-state index contributed by atoms with van der Waals surface area (Å²) in [7, 11) is -2.32. The fourth-order valence-electron chi connectivity index (χ4n) is 2.71. The van der Waals surface area contributed by atoms with Crippen molar-refractivity contribution in [2.45, 2.75) is 25.7 Å². The lowest BCUT2D eigenvalue weighted by atomic mass is 10.2. The van der Waals surface area contributed by atoms with Gasteiger partial charge in [-0.3, -0.25) is 4.79 Å². The van der Waals surface area contributed by atoms with Crippen LogP contribution < -0.4 is 14.8 Å². The SMILES string of the molecule is CCOc1ccc(S(=O)(=O)N(CC)CC(=O)Nc2ccccc2OC)cc1C. The molecule has 0 fully saturated rings.